The highest BCUT2D eigenvalue weighted by molar-refractivity contribution is 6.09. The molecule has 0 bridgehead atoms. The van der Waals surface area contributed by atoms with Gasteiger partial charge in [0.2, 0.25) is 5.88 Å². The molecule has 0 aromatic carbocycles. The van der Waals surface area contributed by atoms with Gasteiger partial charge in [-0.05, 0) is 27.7 Å². The third-order valence-corrected chi connectivity index (χ3v) is 3.36. The minimum absolute atomic E-state index is 0.0459. The van der Waals surface area contributed by atoms with Crippen LogP contribution in [0.25, 0.3) is 0 Å². The van der Waals surface area contributed by atoms with E-state index in [1.54, 1.807) is 20.8 Å². The Morgan fingerprint density at radius 2 is 1.77 bits per heavy atom. The second kappa shape index (κ2) is 8.24. The summed E-state index contributed by atoms with van der Waals surface area (Å²) in [6, 6.07) is 0. The van der Waals surface area contributed by atoms with E-state index in [0.29, 0.717) is 0 Å². The van der Waals surface area contributed by atoms with Gasteiger partial charge in [0.05, 0.1) is 18.8 Å². The molecule has 9 heteroatoms. The molecule has 2 rings (SSSR count). The first kappa shape index (κ1) is 19.1. The van der Waals surface area contributed by atoms with Gasteiger partial charge in [0, 0.05) is 6.20 Å². The predicted octanol–water partition coefficient (Wildman–Crippen LogP) is 2.68. The molecule has 0 aliphatic rings. The van der Waals surface area contributed by atoms with Crippen molar-refractivity contribution >= 4 is 29.4 Å². The molecule has 0 saturated carbocycles. The number of hydrogen-bond acceptors (Lipinski definition) is 9. The molecule has 2 aromatic heterocycles. The van der Waals surface area contributed by atoms with Gasteiger partial charge in [-0.15, -0.1) is 0 Å². The first-order valence-corrected chi connectivity index (χ1v) is 7.96. The number of esters is 2. The van der Waals surface area contributed by atoms with E-state index < -0.39 is 11.9 Å². The maximum Gasteiger partial charge on any atom is 0.344 e. The standard InChI is InChI=1S/C17H19N3O6/c1-5-24-16(22)11-7-18-8-19-14(11)20-15-13(17(23)25-6-2)12(9(3)21)10(4)26-15/h7-8H,5-6H2,1-4H3,(H,18,19,20). The summed E-state index contributed by atoms with van der Waals surface area (Å²) < 4.78 is 15.5. The number of nitrogens with one attached hydrogen (secondary N) is 1. The van der Waals surface area contributed by atoms with Gasteiger partial charge in [0.15, 0.2) is 11.6 Å². The molecule has 1 N–H and O–H groups in total. The number of carbonyl (C=O) groups excluding carboxylic acids is 3. The Hall–Kier alpha value is -3.23. The zero-order chi connectivity index (χ0) is 19.3. The summed E-state index contributed by atoms with van der Waals surface area (Å²) in [6.07, 6.45) is 2.50. The minimum atomic E-state index is -0.719. The lowest BCUT2D eigenvalue weighted by molar-refractivity contribution is 0.0517. The van der Waals surface area contributed by atoms with Gasteiger partial charge >= 0.3 is 11.9 Å². The quantitative estimate of drug-likeness (QED) is 0.586. The Labute approximate surface area is 149 Å². The summed E-state index contributed by atoms with van der Waals surface area (Å²) in [7, 11) is 0. The number of hydrogen-bond donors (Lipinski definition) is 1. The fraction of sp³-hybridized carbons (Fsp3) is 0.353. The van der Waals surface area contributed by atoms with E-state index in [-0.39, 0.29) is 53.1 Å². The minimum Gasteiger partial charge on any atom is -0.462 e. The number of furan rings is 1. The molecular weight excluding hydrogens is 342 g/mol. The van der Waals surface area contributed by atoms with E-state index in [2.05, 4.69) is 15.3 Å². The van der Waals surface area contributed by atoms with Crippen LogP contribution in [0.3, 0.4) is 0 Å². The number of aryl methyl sites for hydroxylation is 1. The summed E-state index contributed by atoms with van der Waals surface area (Å²) in [6.45, 7) is 6.49. The van der Waals surface area contributed by atoms with Gasteiger partial charge in [-0.3, -0.25) is 4.79 Å². The molecule has 0 aliphatic carbocycles. The lowest BCUT2D eigenvalue weighted by Crippen LogP contribution is -2.13. The average Bonchev–Trinajstić information content (AvgIpc) is 2.92. The Bertz CT molecular complexity index is 843. The van der Waals surface area contributed by atoms with Gasteiger partial charge < -0.3 is 19.2 Å². The fourth-order valence-corrected chi connectivity index (χ4v) is 2.35. The number of nitrogens with zero attached hydrogens (tertiary/aromatic N) is 2. The molecule has 0 amide bonds. The maximum absolute atomic E-state index is 12.3. The van der Waals surface area contributed by atoms with Crippen LogP contribution in [0, 0.1) is 6.92 Å². The van der Waals surface area contributed by atoms with Crippen LogP contribution in [0.4, 0.5) is 11.7 Å². The largest absolute Gasteiger partial charge is 0.462 e. The molecule has 26 heavy (non-hydrogen) atoms. The molecule has 2 heterocycles. The van der Waals surface area contributed by atoms with Crippen LogP contribution in [-0.4, -0.2) is 40.9 Å². The number of ether oxygens (including phenoxy) is 2. The molecule has 0 fully saturated rings. The Kier molecular flexibility index (Phi) is 6.05. The monoisotopic (exact) mass is 361 g/mol. The van der Waals surface area contributed by atoms with Crippen molar-refractivity contribution in [3.8, 4) is 0 Å². The second-order valence-corrected chi connectivity index (χ2v) is 5.14. The van der Waals surface area contributed by atoms with Crippen molar-refractivity contribution in [2.24, 2.45) is 0 Å². The summed E-state index contributed by atoms with van der Waals surface area (Å²) in [5.41, 5.74) is 0.116. The number of anilines is 2. The molecule has 9 nitrogen and oxygen atoms in total. The number of ketones is 1. The molecule has 0 atom stereocenters. The highest BCUT2D eigenvalue weighted by Gasteiger charge is 2.29. The lowest BCUT2D eigenvalue weighted by Gasteiger charge is -2.09. The third kappa shape index (κ3) is 3.88. The summed E-state index contributed by atoms with van der Waals surface area (Å²) in [5.74, 6) is -1.43. The van der Waals surface area contributed by atoms with Gasteiger partial charge in [-0.25, -0.2) is 19.6 Å². The van der Waals surface area contributed by atoms with Crippen LogP contribution in [0.5, 0.6) is 0 Å². The topological polar surface area (TPSA) is 121 Å². The van der Waals surface area contributed by atoms with Crippen molar-refractivity contribution in [2.75, 3.05) is 18.5 Å². The Balaban J connectivity index is 2.51. The molecule has 0 spiro atoms. The van der Waals surface area contributed by atoms with Gasteiger partial charge in [0.25, 0.3) is 0 Å². The van der Waals surface area contributed by atoms with E-state index >= 15 is 0 Å². The van der Waals surface area contributed by atoms with Crippen molar-refractivity contribution in [3.05, 3.63) is 35.0 Å². The first-order chi connectivity index (χ1) is 12.4. The number of aromatic nitrogens is 2. The van der Waals surface area contributed by atoms with Crippen molar-refractivity contribution in [3.63, 3.8) is 0 Å². The Morgan fingerprint density at radius 1 is 1.12 bits per heavy atom. The zero-order valence-electron chi connectivity index (χ0n) is 14.9. The molecule has 0 radical (unpaired) electrons. The van der Waals surface area contributed by atoms with E-state index in [1.807, 2.05) is 0 Å². The lowest BCUT2D eigenvalue weighted by atomic mass is 10.1. The smallest absolute Gasteiger partial charge is 0.344 e. The molecule has 2 aromatic rings. The van der Waals surface area contributed by atoms with E-state index in [4.69, 9.17) is 13.9 Å². The zero-order valence-corrected chi connectivity index (χ0v) is 14.9. The molecule has 0 unspecified atom stereocenters. The highest BCUT2D eigenvalue weighted by atomic mass is 16.5. The Morgan fingerprint density at radius 3 is 2.38 bits per heavy atom. The van der Waals surface area contributed by atoms with Crippen LogP contribution < -0.4 is 5.32 Å². The van der Waals surface area contributed by atoms with E-state index in [9.17, 15) is 14.4 Å². The van der Waals surface area contributed by atoms with E-state index in [0.717, 1.165) is 0 Å². The van der Waals surface area contributed by atoms with Crippen molar-refractivity contribution < 1.29 is 28.3 Å². The number of carbonyl (C=O) groups is 3. The fourth-order valence-electron chi connectivity index (χ4n) is 2.35. The second-order valence-electron chi connectivity index (χ2n) is 5.14. The molecular formula is C17H19N3O6. The van der Waals surface area contributed by atoms with Crippen LogP contribution in [-0.2, 0) is 9.47 Å². The highest BCUT2D eigenvalue weighted by Crippen LogP contribution is 2.31. The maximum atomic E-state index is 12.3. The van der Waals surface area contributed by atoms with Gasteiger partial charge in [0.1, 0.15) is 23.2 Å². The number of rotatable bonds is 7. The molecule has 138 valence electrons. The van der Waals surface area contributed by atoms with Crippen molar-refractivity contribution in [1.82, 2.24) is 9.97 Å². The predicted molar refractivity (Wildman–Crippen MR) is 90.7 cm³/mol. The molecule has 0 aliphatic heterocycles. The third-order valence-electron chi connectivity index (χ3n) is 3.36. The van der Waals surface area contributed by atoms with Crippen LogP contribution in [0.1, 0.15) is 57.6 Å². The normalized spacial score (nSPS) is 10.3. The summed E-state index contributed by atoms with van der Waals surface area (Å²) in [5, 5.41) is 2.76. The van der Waals surface area contributed by atoms with Gasteiger partial charge in [-0.2, -0.15) is 0 Å². The van der Waals surface area contributed by atoms with Gasteiger partial charge in [-0.1, -0.05) is 0 Å². The average molecular weight is 361 g/mol. The number of Topliss-reactive ketones (excluding diaryl/α,β-unsaturated/α-hetero) is 1. The first-order valence-electron chi connectivity index (χ1n) is 7.96. The van der Waals surface area contributed by atoms with Crippen molar-refractivity contribution in [1.29, 1.82) is 0 Å². The van der Waals surface area contributed by atoms with E-state index in [1.165, 1.54) is 19.4 Å². The SMILES string of the molecule is CCOC(=O)c1cncnc1Nc1oc(C)c(C(C)=O)c1C(=O)OCC. The summed E-state index contributed by atoms with van der Waals surface area (Å²) in [4.78, 5) is 44.1. The van der Waals surface area contributed by atoms with Crippen LogP contribution in [0.15, 0.2) is 16.9 Å². The van der Waals surface area contributed by atoms with Crippen LogP contribution in [0.2, 0.25) is 0 Å². The van der Waals surface area contributed by atoms with Crippen molar-refractivity contribution in [2.45, 2.75) is 27.7 Å². The molecule has 0 saturated heterocycles. The van der Waals surface area contributed by atoms with Crippen LogP contribution >= 0.6 is 0 Å². The summed E-state index contributed by atoms with van der Waals surface area (Å²) >= 11 is 0.